The molecule has 0 radical (unpaired) electrons. The van der Waals surface area contributed by atoms with Crippen molar-refractivity contribution in [2.24, 2.45) is 0 Å². The van der Waals surface area contributed by atoms with Gasteiger partial charge in [-0.2, -0.15) is 0 Å². The largest absolute Gasteiger partial charge is 0.508 e. The molecular weight excluding hydrogens is 312 g/mol. The van der Waals surface area contributed by atoms with E-state index < -0.39 is 0 Å². The molecule has 0 fully saturated rings. The van der Waals surface area contributed by atoms with Crippen molar-refractivity contribution >= 4 is 37.4 Å². The first-order valence-corrected chi connectivity index (χ1v) is 7.03. The van der Waals surface area contributed by atoms with Crippen molar-refractivity contribution in [3.63, 3.8) is 0 Å². The minimum atomic E-state index is 0.277. The highest BCUT2D eigenvalue weighted by Gasteiger charge is 2.06. The molecule has 4 heteroatoms. The second kappa shape index (κ2) is 4.63. The molecule has 1 aromatic heterocycles. The number of ether oxygens (including phenoxy) is 1. The van der Waals surface area contributed by atoms with Crippen LogP contribution in [0.2, 0.25) is 0 Å². The van der Waals surface area contributed by atoms with E-state index in [1.807, 2.05) is 35.7 Å². The van der Waals surface area contributed by atoms with Gasteiger partial charge in [0.25, 0.3) is 0 Å². The lowest BCUT2D eigenvalue weighted by molar-refractivity contribution is 0.476. The van der Waals surface area contributed by atoms with Crippen molar-refractivity contribution in [2.45, 2.75) is 0 Å². The standard InChI is InChI=1S/C14H9BrO2S/c15-9-1-4-11(5-2-9)17-13-8-18-14-7-10(16)3-6-12(13)14/h1-8,16H. The number of hydrogen-bond donors (Lipinski definition) is 1. The lowest BCUT2D eigenvalue weighted by Gasteiger charge is -2.04. The van der Waals surface area contributed by atoms with Crippen LogP contribution in [0.15, 0.2) is 52.3 Å². The van der Waals surface area contributed by atoms with E-state index in [4.69, 9.17) is 4.74 Å². The molecule has 0 atom stereocenters. The van der Waals surface area contributed by atoms with Crippen LogP contribution in [0.3, 0.4) is 0 Å². The number of hydrogen-bond acceptors (Lipinski definition) is 3. The summed E-state index contributed by atoms with van der Waals surface area (Å²) in [5, 5.41) is 12.4. The van der Waals surface area contributed by atoms with E-state index in [-0.39, 0.29) is 5.75 Å². The molecule has 0 unspecified atom stereocenters. The van der Waals surface area contributed by atoms with Gasteiger partial charge >= 0.3 is 0 Å². The molecule has 0 spiro atoms. The van der Waals surface area contributed by atoms with Gasteiger partial charge in [0.2, 0.25) is 0 Å². The lowest BCUT2D eigenvalue weighted by Crippen LogP contribution is -1.81. The Kier molecular flexibility index (Phi) is 2.97. The van der Waals surface area contributed by atoms with Crippen molar-refractivity contribution < 1.29 is 9.84 Å². The number of phenols is 1. The van der Waals surface area contributed by atoms with E-state index in [1.54, 1.807) is 23.5 Å². The second-order valence-corrected chi connectivity index (χ2v) is 5.66. The van der Waals surface area contributed by atoms with E-state index in [9.17, 15) is 5.11 Å². The van der Waals surface area contributed by atoms with Crippen LogP contribution < -0.4 is 4.74 Å². The van der Waals surface area contributed by atoms with Crippen LogP contribution in [-0.2, 0) is 0 Å². The Morgan fingerprint density at radius 2 is 1.83 bits per heavy atom. The van der Waals surface area contributed by atoms with E-state index in [1.165, 1.54) is 0 Å². The highest BCUT2D eigenvalue weighted by atomic mass is 79.9. The van der Waals surface area contributed by atoms with Crippen molar-refractivity contribution in [1.82, 2.24) is 0 Å². The Balaban J connectivity index is 1.97. The maximum absolute atomic E-state index is 9.42. The van der Waals surface area contributed by atoms with Crippen LogP contribution in [0.1, 0.15) is 0 Å². The predicted octanol–water partition coefficient (Wildman–Crippen LogP) is 5.16. The van der Waals surface area contributed by atoms with Crippen LogP contribution in [0.5, 0.6) is 17.2 Å². The number of fused-ring (bicyclic) bond motifs is 1. The number of thiophene rings is 1. The summed E-state index contributed by atoms with van der Waals surface area (Å²) >= 11 is 4.95. The summed E-state index contributed by atoms with van der Waals surface area (Å²) < 4.78 is 7.87. The van der Waals surface area contributed by atoms with Gasteiger partial charge < -0.3 is 9.84 Å². The molecular formula is C14H9BrO2S. The zero-order valence-corrected chi connectivity index (χ0v) is 11.7. The van der Waals surface area contributed by atoms with E-state index in [0.717, 1.165) is 26.1 Å². The topological polar surface area (TPSA) is 29.5 Å². The zero-order chi connectivity index (χ0) is 12.5. The molecule has 2 nitrogen and oxygen atoms in total. The maximum Gasteiger partial charge on any atom is 0.145 e. The summed E-state index contributed by atoms with van der Waals surface area (Å²) in [6, 6.07) is 13.0. The van der Waals surface area contributed by atoms with Crippen molar-refractivity contribution in [3.05, 3.63) is 52.3 Å². The Hall–Kier alpha value is -1.52. The molecule has 1 heterocycles. The van der Waals surface area contributed by atoms with Crippen LogP contribution in [-0.4, -0.2) is 5.11 Å². The molecule has 3 aromatic rings. The molecule has 0 aliphatic rings. The number of benzene rings is 2. The fourth-order valence-electron chi connectivity index (χ4n) is 1.70. The van der Waals surface area contributed by atoms with Crippen LogP contribution in [0, 0.1) is 0 Å². The third-order valence-corrected chi connectivity index (χ3v) is 4.02. The zero-order valence-electron chi connectivity index (χ0n) is 9.26. The molecule has 90 valence electrons. The van der Waals surface area contributed by atoms with Crippen LogP contribution >= 0.6 is 27.3 Å². The molecule has 0 amide bonds. The maximum atomic E-state index is 9.42. The fraction of sp³-hybridized carbons (Fsp3) is 0. The Morgan fingerprint density at radius 3 is 2.61 bits per heavy atom. The van der Waals surface area contributed by atoms with Gasteiger partial charge in [-0.25, -0.2) is 0 Å². The predicted molar refractivity (Wildman–Crippen MR) is 77.7 cm³/mol. The van der Waals surface area contributed by atoms with Crippen molar-refractivity contribution in [1.29, 1.82) is 0 Å². The lowest BCUT2D eigenvalue weighted by atomic mass is 10.2. The summed E-state index contributed by atoms with van der Waals surface area (Å²) in [6.07, 6.45) is 0. The number of phenolic OH excluding ortho intramolecular Hbond substituents is 1. The summed E-state index contributed by atoms with van der Waals surface area (Å²) in [5.41, 5.74) is 0. The third kappa shape index (κ3) is 2.21. The molecule has 0 saturated carbocycles. The molecule has 0 aliphatic heterocycles. The minimum Gasteiger partial charge on any atom is -0.508 e. The third-order valence-electron chi connectivity index (χ3n) is 2.57. The Bertz CT molecular complexity index is 689. The molecule has 1 N–H and O–H groups in total. The van der Waals surface area contributed by atoms with Gasteiger partial charge in [-0.05, 0) is 42.5 Å². The van der Waals surface area contributed by atoms with Gasteiger partial charge in [-0.1, -0.05) is 15.9 Å². The average Bonchev–Trinajstić information content (AvgIpc) is 2.74. The van der Waals surface area contributed by atoms with Crippen molar-refractivity contribution in [2.75, 3.05) is 0 Å². The van der Waals surface area contributed by atoms with Gasteiger partial charge in [0.1, 0.15) is 17.2 Å². The fourth-order valence-corrected chi connectivity index (χ4v) is 2.86. The highest BCUT2D eigenvalue weighted by Crippen LogP contribution is 2.36. The minimum absolute atomic E-state index is 0.277. The molecule has 0 bridgehead atoms. The van der Waals surface area contributed by atoms with E-state index in [2.05, 4.69) is 15.9 Å². The van der Waals surface area contributed by atoms with Crippen LogP contribution in [0.4, 0.5) is 0 Å². The quantitative estimate of drug-likeness (QED) is 0.706. The first kappa shape index (κ1) is 11.6. The van der Waals surface area contributed by atoms with E-state index >= 15 is 0 Å². The summed E-state index contributed by atoms with van der Waals surface area (Å²) in [5.74, 6) is 1.89. The first-order chi connectivity index (χ1) is 8.72. The van der Waals surface area contributed by atoms with Crippen LogP contribution in [0.25, 0.3) is 10.1 Å². The number of aromatic hydroxyl groups is 1. The Morgan fingerprint density at radius 1 is 1.06 bits per heavy atom. The molecule has 0 saturated heterocycles. The average molecular weight is 321 g/mol. The molecule has 18 heavy (non-hydrogen) atoms. The SMILES string of the molecule is Oc1ccc2c(Oc3ccc(Br)cc3)csc2c1. The highest BCUT2D eigenvalue weighted by molar-refractivity contribution is 9.10. The van der Waals surface area contributed by atoms with Gasteiger partial charge in [0.15, 0.2) is 0 Å². The number of rotatable bonds is 2. The Labute approximate surface area is 117 Å². The number of halogens is 1. The van der Waals surface area contributed by atoms with Crippen molar-refractivity contribution in [3.8, 4) is 17.2 Å². The summed E-state index contributed by atoms with van der Waals surface area (Å²) in [4.78, 5) is 0. The smallest absolute Gasteiger partial charge is 0.145 e. The van der Waals surface area contributed by atoms with E-state index in [0.29, 0.717) is 0 Å². The molecule has 2 aromatic carbocycles. The monoisotopic (exact) mass is 320 g/mol. The summed E-state index contributed by atoms with van der Waals surface area (Å²) in [6.45, 7) is 0. The summed E-state index contributed by atoms with van der Waals surface area (Å²) in [7, 11) is 0. The van der Waals surface area contributed by atoms with Gasteiger partial charge in [0, 0.05) is 19.9 Å². The van der Waals surface area contributed by atoms with Gasteiger partial charge in [-0.3, -0.25) is 0 Å². The normalized spacial score (nSPS) is 10.7. The second-order valence-electron chi connectivity index (χ2n) is 3.84. The van der Waals surface area contributed by atoms with Gasteiger partial charge in [-0.15, -0.1) is 11.3 Å². The molecule has 0 aliphatic carbocycles. The first-order valence-electron chi connectivity index (χ1n) is 5.36. The van der Waals surface area contributed by atoms with Gasteiger partial charge in [0.05, 0.1) is 0 Å². The molecule has 3 rings (SSSR count).